The number of carbonyl (C=O) groups excluding carboxylic acids is 1. The topological polar surface area (TPSA) is 128 Å². The predicted molar refractivity (Wildman–Crippen MR) is 93.9 cm³/mol. The average molecular weight is 350 g/mol. The summed E-state index contributed by atoms with van der Waals surface area (Å²) in [4.78, 5) is 21.3. The van der Waals surface area contributed by atoms with Gasteiger partial charge in [-0.3, -0.25) is 10.1 Å². The third kappa shape index (κ3) is 3.73. The Morgan fingerprint density at radius 3 is 2.46 bits per heavy atom. The maximum atomic E-state index is 10.9. The zero-order valence-electron chi connectivity index (χ0n) is 13.4. The minimum Gasteiger partial charge on any atom is -0.350 e. The Hall–Kier alpha value is -4.01. The lowest BCUT2D eigenvalue weighted by Crippen LogP contribution is -2.27. The van der Waals surface area contributed by atoms with Crippen molar-refractivity contribution in [2.24, 2.45) is 10.8 Å². The first-order valence-corrected chi connectivity index (χ1v) is 7.53. The van der Waals surface area contributed by atoms with E-state index in [1.807, 2.05) is 30.3 Å². The van der Waals surface area contributed by atoms with E-state index in [-0.39, 0.29) is 5.69 Å². The van der Waals surface area contributed by atoms with Crippen LogP contribution < -0.4 is 16.5 Å². The summed E-state index contributed by atoms with van der Waals surface area (Å²) < 4.78 is 1.64. The molecule has 26 heavy (non-hydrogen) atoms. The highest BCUT2D eigenvalue weighted by Gasteiger charge is 2.09. The number of hydrogen-bond donors (Lipinski definition) is 2. The van der Waals surface area contributed by atoms with Gasteiger partial charge in [-0.1, -0.05) is 18.2 Å². The zero-order chi connectivity index (χ0) is 18.5. The highest BCUT2D eigenvalue weighted by molar-refractivity contribution is 5.71. The van der Waals surface area contributed by atoms with Crippen LogP contribution in [0.4, 0.5) is 10.5 Å². The zero-order valence-corrected chi connectivity index (χ0v) is 13.4. The molecule has 3 N–H and O–H groups in total. The molecule has 9 nitrogen and oxygen atoms in total. The third-order valence-electron chi connectivity index (χ3n) is 3.53. The van der Waals surface area contributed by atoms with Gasteiger partial charge < -0.3 is 5.73 Å². The number of nitro groups is 1. The summed E-state index contributed by atoms with van der Waals surface area (Å²) in [6.07, 6.45) is 3.19. The molecule has 0 fully saturated rings. The molecular formula is C17H14N6O3. The Morgan fingerprint density at radius 2 is 1.85 bits per heavy atom. The fraction of sp³-hybridized carbons (Fsp3) is 0. The predicted octanol–water partition coefficient (Wildman–Crippen LogP) is 1.93. The molecule has 2 aromatic carbocycles. The van der Waals surface area contributed by atoms with Crippen LogP contribution in [0.25, 0.3) is 16.8 Å². The molecular weight excluding hydrogens is 336 g/mol. The van der Waals surface area contributed by atoms with Crippen LogP contribution in [0.15, 0.2) is 72.1 Å². The van der Waals surface area contributed by atoms with Crippen molar-refractivity contribution in [3.63, 3.8) is 0 Å². The van der Waals surface area contributed by atoms with E-state index in [1.54, 1.807) is 23.0 Å². The summed E-state index contributed by atoms with van der Waals surface area (Å²) in [5.41, 5.74) is 9.32. The number of nitro benzene ring substituents is 1. The lowest BCUT2D eigenvalue weighted by atomic mass is 10.1. The molecule has 0 aliphatic rings. The number of non-ortho nitro benzene ring substituents is 1. The first-order chi connectivity index (χ1) is 12.5. The average Bonchev–Trinajstić information content (AvgIpc) is 2.67. The smallest absolute Gasteiger partial charge is 0.332 e. The number of rotatable bonds is 4. The minimum absolute atomic E-state index is 0.0208. The largest absolute Gasteiger partial charge is 0.350 e. The maximum absolute atomic E-state index is 10.9. The van der Waals surface area contributed by atoms with Crippen molar-refractivity contribution >= 4 is 11.7 Å². The maximum Gasteiger partial charge on any atom is 0.332 e. The van der Waals surface area contributed by atoms with Crippen molar-refractivity contribution in [1.29, 1.82) is 0 Å². The third-order valence-corrected chi connectivity index (χ3v) is 3.53. The SMILES string of the molecule is NC(=O)NN=c1cnn(-c2ccccc2)cc1-c1ccc([N+](=O)[O-])cc1. The van der Waals surface area contributed by atoms with Gasteiger partial charge in [-0.25, -0.2) is 14.9 Å². The van der Waals surface area contributed by atoms with Crippen LogP contribution >= 0.6 is 0 Å². The molecule has 130 valence electrons. The molecule has 0 radical (unpaired) electrons. The van der Waals surface area contributed by atoms with Crippen molar-refractivity contribution in [1.82, 2.24) is 15.2 Å². The lowest BCUT2D eigenvalue weighted by Gasteiger charge is -2.09. The Morgan fingerprint density at radius 1 is 1.15 bits per heavy atom. The summed E-state index contributed by atoms with van der Waals surface area (Å²) in [6, 6.07) is 14.6. The summed E-state index contributed by atoms with van der Waals surface area (Å²) in [5.74, 6) is 0. The fourth-order valence-corrected chi connectivity index (χ4v) is 2.32. The van der Waals surface area contributed by atoms with E-state index in [9.17, 15) is 14.9 Å². The Bertz CT molecular complexity index is 1010. The molecule has 9 heteroatoms. The Labute approximate surface area is 147 Å². The molecule has 0 saturated carbocycles. The van der Waals surface area contributed by atoms with Gasteiger partial charge in [-0.15, -0.1) is 0 Å². The van der Waals surface area contributed by atoms with Crippen LogP contribution in [0.1, 0.15) is 0 Å². The number of benzene rings is 2. The van der Waals surface area contributed by atoms with E-state index in [1.165, 1.54) is 18.3 Å². The van der Waals surface area contributed by atoms with Gasteiger partial charge in [0, 0.05) is 23.9 Å². The fourth-order valence-electron chi connectivity index (χ4n) is 2.32. The number of hydrogen-bond acceptors (Lipinski definition) is 5. The molecule has 0 spiro atoms. The first kappa shape index (κ1) is 16.8. The number of nitrogens with zero attached hydrogens (tertiary/aromatic N) is 4. The number of amides is 2. The van der Waals surface area contributed by atoms with Crippen molar-refractivity contribution < 1.29 is 9.72 Å². The van der Waals surface area contributed by atoms with Gasteiger partial charge in [0.25, 0.3) is 5.69 Å². The number of aromatic nitrogens is 2. The molecule has 0 saturated heterocycles. The second-order valence-corrected chi connectivity index (χ2v) is 5.24. The number of nitrogens with one attached hydrogen (secondary N) is 1. The summed E-state index contributed by atoms with van der Waals surface area (Å²) in [5, 5.41) is 19.4. The highest BCUT2D eigenvalue weighted by atomic mass is 16.6. The van der Waals surface area contributed by atoms with E-state index in [0.717, 1.165) is 5.69 Å². The van der Waals surface area contributed by atoms with E-state index in [2.05, 4.69) is 15.6 Å². The van der Waals surface area contributed by atoms with Gasteiger partial charge >= 0.3 is 6.03 Å². The lowest BCUT2D eigenvalue weighted by molar-refractivity contribution is -0.384. The van der Waals surface area contributed by atoms with Crippen LogP contribution in [0.2, 0.25) is 0 Å². The van der Waals surface area contributed by atoms with Gasteiger partial charge in [0.15, 0.2) is 0 Å². The standard InChI is InChI=1S/C17H14N6O3/c18-17(24)21-20-16-10-19-22(13-4-2-1-3-5-13)11-15(16)12-6-8-14(9-7-12)23(25)26/h1-11H,(H3,18,21,24). The van der Waals surface area contributed by atoms with Crippen molar-refractivity contribution in [2.75, 3.05) is 0 Å². The molecule has 0 unspecified atom stereocenters. The number of primary amides is 1. The van der Waals surface area contributed by atoms with Gasteiger partial charge in [0.05, 0.1) is 16.8 Å². The highest BCUT2D eigenvalue weighted by Crippen LogP contribution is 2.20. The van der Waals surface area contributed by atoms with Gasteiger partial charge in [-0.2, -0.15) is 10.2 Å². The molecule has 3 aromatic rings. The van der Waals surface area contributed by atoms with Crippen molar-refractivity contribution in [3.05, 3.63) is 82.5 Å². The Balaban J connectivity index is 2.13. The van der Waals surface area contributed by atoms with Crippen molar-refractivity contribution in [3.8, 4) is 16.8 Å². The van der Waals surface area contributed by atoms with Crippen molar-refractivity contribution in [2.45, 2.75) is 0 Å². The molecule has 0 aliphatic heterocycles. The van der Waals surface area contributed by atoms with E-state index in [0.29, 0.717) is 16.5 Å². The van der Waals surface area contributed by atoms with Crippen LogP contribution in [0, 0.1) is 10.1 Å². The summed E-state index contributed by atoms with van der Waals surface area (Å²) in [7, 11) is 0. The van der Waals surface area contributed by atoms with E-state index < -0.39 is 11.0 Å². The van der Waals surface area contributed by atoms with Crippen LogP contribution in [0.3, 0.4) is 0 Å². The molecule has 3 rings (SSSR count). The van der Waals surface area contributed by atoms with Gasteiger partial charge in [0.1, 0.15) is 5.36 Å². The summed E-state index contributed by atoms with van der Waals surface area (Å²) in [6.45, 7) is 0. The molecule has 0 bridgehead atoms. The minimum atomic E-state index is -0.806. The number of carbonyl (C=O) groups is 1. The summed E-state index contributed by atoms with van der Waals surface area (Å²) >= 11 is 0. The molecule has 1 heterocycles. The molecule has 1 aromatic heterocycles. The number of urea groups is 1. The van der Waals surface area contributed by atoms with E-state index in [4.69, 9.17) is 5.73 Å². The number of nitrogens with two attached hydrogens (primary N) is 1. The van der Waals surface area contributed by atoms with Gasteiger partial charge in [0.2, 0.25) is 0 Å². The van der Waals surface area contributed by atoms with Crippen LogP contribution in [0.5, 0.6) is 0 Å². The number of para-hydroxylation sites is 1. The second-order valence-electron chi connectivity index (χ2n) is 5.24. The monoisotopic (exact) mass is 350 g/mol. The molecule has 2 amide bonds. The quantitative estimate of drug-likeness (QED) is 0.550. The second kappa shape index (κ2) is 7.26. The van der Waals surface area contributed by atoms with Gasteiger partial charge in [-0.05, 0) is 29.8 Å². The van der Waals surface area contributed by atoms with E-state index >= 15 is 0 Å². The van der Waals surface area contributed by atoms with Crippen LogP contribution in [-0.2, 0) is 0 Å². The normalized spacial score (nSPS) is 11.2. The molecule has 0 atom stereocenters. The van der Waals surface area contributed by atoms with Crippen LogP contribution in [-0.4, -0.2) is 20.7 Å². The Kier molecular flexibility index (Phi) is 4.70. The molecule has 0 aliphatic carbocycles. The first-order valence-electron chi connectivity index (χ1n) is 7.53.